The molecule has 1 fully saturated rings. The monoisotopic (exact) mass is 175 g/mol. The van der Waals surface area contributed by atoms with Gasteiger partial charge in [-0.3, -0.25) is 4.90 Å². The fourth-order valence-corrected chi connectivity index (χ4v) is 1.92. The van der Waals surface area contributed by atoms with Gasteiger partial charge in [-0.25, -0.2) is 4.39 Å². The Morgan fingerprint density at radius 1 is 1.67 bits per heavy atom. The van der Waals surface area contributed by atoms with Gasteiger partial charge < -0.3 is 5.11 Å². The lowest BCUT2D eigenvalue weighted by Crippen LogP contribution is -2.36. The zero-order valence-electron chi connectivity index (χ0n) is 7.67. The molecule has 1 N–H and O–H groups in total. The lowest BCUT2D eigenvalue weighted by molar-refractivity contribution is 0.0836. The normalized spacial score (nSPS) is 27.8. The van der Waals surface area contributed by atoms with Crippen LogP contribution in [0.3, 0.4) is 0 Å². The third kappa shape index (κ3) is 2.42. The predicted octanol–water partition coefficient (Wildman–Crippen LogP) is 1.19. The highest BCUT2D eigenvalue weighted by Crippen LogP contribution is 2.19. The molecule has 0 aliphatic carbocycles. The second kappa shape index (κ2) is 4.77. The molecule has 1 aliphatic heterocycles. The molecule has 1 saturated heterocycles. The average molecular weight is 175 g/mol. The Morgan fingerprint density at radius 3 is 3.00 bits per heavy atom. The molecule has 72 valence electrons. The van der Waals surface area contributed by atoms with E-state index in [4.69, 9.17) is 5.11 Å². The summed E-state index contributed by atoms with van der Waals surface area (Å²) in [5.74, 6) is 0. The van der Waals surface area contributed by atoms with Crippen LogP contribution in [0.15, 0.2) is 0 Å². The minimum atomic E-state index is -0.780. The summed E-state index contributed by atoms with van der Waals surface area (Å²) in [6, 6.07) is 0.575. The van der Waals surface area contributed by atoms with Crippen LogP contribution in [0.4, 0.5) is 4.39 Å². The topological polar surface area (TPSA) is 23.5 Å². The summed E-state index contributed by atoms with van der Waals surface area (Å²) in [7, 11) is 0. The third-order valence-electron chi connectivity index (χ3n) is 2.59. The van der Waals surface area contributed by atoms with Gasteiger partial charge in [-0.1, -0.05) is 6.92 Å². The van der Waals surface area contributed by atoms with E-state index in [-0.39, 0.29) is 0 Å². The molecule has 2 unspecified atom stereocenters. The molecule has 0 saturated carbocycles. The van der Waals surface area contributed by atoms with Crippen molar-refractivity contribution in [1.29, 1.82) is 0 Å². The number of β-amino-alcohol motifs (C(OH)–C–C–N with tert-alkyl or cyclic N) is 1. The number of rotatable bonds is 4. The molecule has 0 spiro atoms. The van der Waals surface area contributed by atoms with Crippen molar-refractivity contribution in [3.63, 3.8) is 0 Å². The van der Waals surface area contributed by atoms with E-state index >= 15 is 0 Å². The van der Waals surface area contributed by atoms with Gasteiger partial charge in [-0.2, -0.15) is 0 Å². The van der Waals surface area contributed by atoms with Crippen LogP contribution in [-0.4, -0.2) is 41.9 Å². The van der Waals surface area contributed by atoms with E-state index in [1.807, 2.05) is 0 Å². The zero-order chi connectivity index (χ0) is 8.97. The first kappa shape index (κ1) is 9.93. The first-order valence-corrected chi connectivity index (χ1v) is 4.76. The Hall–Kier alpha value is -0.150. The van der Waals surface area contributed by atoms with Crippen LogP contribution in [0, 0.1) is 0 Å². The quantitative estimate of drug-likeness (QED) is 0.693. The lowest BCUT2D eigenvalue weighted by atomic mass is 10.1. The SMILES string of the molecule is CCC1CCCN1CC(O)CF. The number of hydrogen-bond donors (Lipinski definition) is 1. The number of halogens is 1. The smallest absolute Gasteiger partial charge is 0.117 e. The van der Waals surface area contributed by atoms with E-state index in [9.17, 15) is 4.39 Å². The van der Waals surface area contributed by atoms with Crippen LogP contribution in [0.2, 0.25) is 0 Å². The molecule has 0 bridgehead atoms. The van der Waals surface area contributed by atoms with Gasteiger partial charge in [-0.15, -0.1) is 0 Å². The molecular formula is C9H18FNO. The van der Waals surface area contributed by atoms with E-state index < -0.39 is 12.8 Å². The number of nitrogens with zero attached hydrogens (tertiary/aromatic N) is 1. The molecular weight excluding hydrogens is 157 g/mol. The highest BCUT2D eigenvalue weighted by atomic mass is 19.1. The second-order valence-corrected chi connectivity index (χ2v) is 3.51. The fourth-order valence-electron chi connectivity index (χ4n) is 1.92. The number of hydrogen-bond acceptors (Lipinski definition) is 2. The van der Waals surface area contributed by atoms with Crippen molar-refractivity contribution in [2.45, 2.75) is 38.3 Å². The highest BCUT2D eigenvalue weighted by Gasteiger charge is 2.24. The molecule has 1 aliphatic rings. The molecule has 0 radical (unpaired) electrons. The fraction of sp³-hybridized carbons (Fsp3) is 1.00. The van der Waals surface area contributed by atoms with Gasteiger partial charge in [0.25, 0.3) is 0 Å². The Balaban J connectivity index is 2.30. The molecule has 0 amide bonds. The van der Waals surface area contributed by atoms with Crippen molar-refractivity contribution >= 4 is 0 Å². The molecule has 2 atom stereocenters. The number of aliphatic hydroxyl groups is 1. The largest absolute Gasteiger partial charge is 0.389 e. The average Bonchev–Trinajstić information content (AvgIpc) is 2.51. The standard InChI is InChI=1S/C9H18FNO/c1-2-8-4-3-5-11(8)7-9(12)6-10/h8-9,12H,2-7H2,1H3. The van der Waals surface area contributed by atoms with Gasteiger partial charge in [-0.05, 0) is 25.8 Å². The van der Waals surface area contributed by atoms with E-state index in [0.717, 1.165) is 13.0 Å². The van der Waals surface area contributed by atoms with E-state index in [1.165, 1.54) is 12.8 Å². The molecule has 0 aromatic carbocycles. The van der Waals surface area contributed by atoms with Crippen molar-refractivity contribution in [2.24, 2.45) is 0 Å². The van der Waals surface area contributed by atoms with Crippen LogP contribution in [0.1, 0.15) is 26.2 Å². The molecule has 12 heavy (non-hydrogen) atoms. The van der Waals surface area contributed by atoms with Gasteiger partial charge in [0.1, 0.15) is 6.67 Å². The molecule has 1 rings (SSSR count). The minimum Gasteiger partial charge on any atom is -0.389 e. The zero-order valence-corrected chi connectivity index (χ0v) is 7.67. The number of aliphatic hydroxyl groups excluding tert-OH is 1. The first-order valence-electron chi connectivity index (χ1n) is 4.76. The minimum absolute atomic E-state index is 0.509. The second-order valence-electron chi connectivity index (χ2n) is 3.51. The summed E-state index contributed by atoms with van der Waals surface area (Å²) in [4.78, 5) is 2.20. The Morgan fingerprint density at radius 2 is 2.42 bits per heavy atom. The third-order valence-corrected chi connectivity index (χ3v) is 2.59. The lowest BCUT2D eigenvalue weighted by Gasteiger charge is -2.24. The van der Waals surface area contributed by atoms with E-state index in [1.54, 1.807) is 0 Å². The van der Waals surface area contributed by atoms with Gasteiger partial charge >= 0.3 is 0 Å². The van der Waals surface area contributed by atoms with Crippen LogP contribution < -0.4 is 0 Å². The molecule has 0 aromatic heterocycles. The Kier molecular flexibility index (Phi) is 3.95. The molecule has 1 heterocycles. The van der Waals surface area contributed by atoms with Crippen LogP contribution >= 0.6 is 0 Å². The van der Waals surface area contributed by atoms with E-state index in [0.29, 0.717) is 12.6 Å². The maximum Gasteiger partial charge on any atom is 0.117 e. The molecule has 2 nitrogen and oxygen atoms in total. The summed E-state index contributed by atoms with van der Waals surface area (Å²) in [6.45, 7) is 3.06. The maximum absolute atomic E-state index is 12.0. The van der Waals surface area contributed by atoms with Crippen molar-refractivity contribution in [3.05, 3.63) is 0 Å². The summed E-state index contributed by atoms with van der Waals surface area (Å²) < 4.78 is 12.0. The summed E-state index contributed by atoms with van der Waals surface area (Å²) in [5, 5.41) is 9.11. The van der Waals surface area contributed by atoms with Gasteiger partial charge in [0, 0.05) is 12.6 Å². The van der Waals surface area contributed by atoms with Crippen LogP contribution in [-0.2, 0) is 0 Å². The van der Waals surface area contributed by atoms with Crippen molar-refractivity contribution in [1.82, 2.24) is 4.90 Å². The van der Waals surface area contributed by atoms with Gasteiger partial charge in [0.15, 0.2) is 0 Å². The van der Waals surface area contributed by atoms with Crippen LogP contribution in [0.25, 0.3) is 0 Å². The highest BCUT2D eigenvalue weighted by molar-refractivity contribution is 4.79. The Bertz CT molecular complexity index is 132. The predicted molar refractivity (Wildman–Crippen MR) is 46.9 cm³/mol. The van der Waals surface area contributed by atoms with Crippen molar-refractivity contribution < 1.29 is 9.50 Å². The number of likely N-dealkylation sites (tertiary alicyclic amines) is 1. The number of alkyl halides is 1. The molecule has 3 heteroatoms. The maximum atomic E-state index is 12.0. The summed E-state index contributed by atoms with van der Waals surface area (Å²) in [6.07, 6.45) is 2.73. The van der Waals surface area contributed by atoms with Gasteiger partial charge in [0.05, 0.1) is 6.10 Å². The van der Waals surface area contributed by atoms with Gasteiger partial charge in [0.2, 0.25) is 0 Å². The Labute approximate surface area is 73.4 Å². The summed E-state index contributed by atoms with van der Waals surface area (Å²) >= 11 is 0. The van der Waals surface area contributed by atoms with Crippen molar-refractivity contribution in [2.75, 3.05) is 19.8 Å². The van der Waals surface area contributed by atoms with Crippen LogP contribution in [0.5, 0.6) is 0 Å². The van der Waals surface area contributed by atoms with Crippen molar-refractivity contribution in [3.8, 4) is 0 Å². The summed E-state index contributed by atoms with van der Waals surface area (Å²) in [5.41, 5.74) is 0. The molecule has 0 aromatic rings. The first-order chi connectivity index (χ1) is 5.77. The van der Waals surface area contributed by atoms with E-state index in [2.05, 4.69) is 11.8 Å².